The van der Waals surface area contributed by atoms with Crippen molar-refractivity contribution >= 4 is 5.97 Å². The van der Waals surface area contributed by atoms with E-state index in [1.807, 2.05) is 24.7 Å². The van der Waals surface area contributed by atoms with Gasteiger partial charge in [-0.15, -0.1) is 0 Å². The first-order valence-corrected chi connectivity index (χ1v) is 4.84. The molecule has 1 N–H and O–H groups in total. The van der Waals surface area contributed by atoms with Gasteiger partial charge >= 0.3 is 5.97 Å². The summed E-state index contributed by atoms with van der Waals surface area (Å²) in [6.07, 6.45) is 5.65. The molecule has 14 heavy (non-hydrogen) atoms. The van der Waals surface area contributed by atoms with Crippen LogP contribution < -0.4 is 0 Å². The minimum atomic E-state index is -0.727. The lowest BCUT2D eigenvalue weighted by atomic mass is 10.00. The standard InChI is InChI=1S/C10H16N2O2/c1-3-4-8(10(13)14)7-9-11-5-6-12(9)2/h5-6,8H,3-4,7H2,1-2H3,(H,13,14). The van der Waals surface area contributed by atoms with E-state index in [1.54, 1.807) is 6.20 Å². The molecular formula is C10H16N2O2. The number of aryl methyl sites for hydroxylation is 1. The molecule has 4 nitrogen and oxygen atoms in total. The number of aliphatic carboxylic acids is 1. The molecule has 0 bridgehead atoms. The van der Waals surface area contributed by atoms with Crippen LogP contribution in [0.1, 0.15) is 25.6 Å². The number of rotatable bonds is 5. The summed E-state index contributed by atoms with van der Waals surface area (Å²) < 4.78 is 1.87. The first-order valence-electron chi connectivity index (χ1n) is 4.84. The van der Waals surface area contributed by atoms with E-state index in [2.05, 4.69) is 4.98 Å². The van der Waals surface area contributed by atoms with Crippen molar-refractivity contribution in [3.8, 4) is 0 Å². The molecule has 0 aromatic carbocycles. The van der Waals surface area contributed by atoms with Crippen molar-refractivity contribution in [2.45, 2.75) is 26.2 Å². The highest BCUT2D eigenvalue weighted by atomic mass is 16.4. The Labute approximate surface area is 83.6 Å². The number of carboxylic acids is 1. The van der Waals surface area contributed by atoms with E-state index in [0.29, 0.717) is 12.8 Å². The normalized spacial score (nSPS) is 12.7. The molecule has 1 aromatic heterocycles. The van der Waals surface area contributed by atoms with Gasteiger partial charge < -0.3 is 9.67 Å². The highest BCUT2D eigenvalue weighted by Crippen LogP contribution is 2.12. The maximum atomic E-state index is 10.9. The summed E-state index contributed by atoms with van der Waals surface area (Å²) in [5, 5.41) is 8.96. The van der Waals surface area contributed by atoms with E-state index in [-0.39, 0.29) is 5.92 Å². The van der Waals surface area contributed by atoms with Crippen LogP contribution in [0.4, 0.5) is 0 Å². The average molecular weight is 196 g/mol. The van der Waals surface area contributed by atoms with Crippen molar-refractivity contribution in [3.63, 3.8) is 0 Å². The Bertz CT molecular complexity index is 307. The number of hydrogen-bond acceptors (Lipinski definition) is 2. The van der Waals surface area contributed by atoms with Crippen molar-refractivity contribution in [1.29, 1.82) is 0 Å². The first kappa shape index (κ1) is 10.8. The van der Waals surface area contributed by atoms with Crippen LogP contribution in [0.2, 0.25) is 0 Å². The predicted molar refractivity (Wildman–Crippen MR) is 52.9 cm³/mol. The van der Waals surface area contributed by atoms with E-state index in [9.17, 15) is 4.79 Å². The fourth-order valence-corrected chi connectivity index (χ4v) is 1.47. The van der Waals surface area contributed by atoms with Crippen LogP contribution in [0.3, 0.4) is 0 Å². The lowest BCUT2D eigenvalue weighted by Gasteiger charge is -2.10. The van der Waals surface area contributed by atoms with Crippen LogP contribution in [0, 0.1) is 5.92 Å². The zero-order valence-corrected chi connectivity index (χ0v) is 8.60. The molecule has 1 unspecified atom stereocenters. The number of imidazole rings is 1. The van der Waals surface area contributed by atoms with E-state index < -0.39 is 5.97 Å². The molecule has 0 aliphatic carbocycles. The van der Waals surface area contributed by atoms with Crippen molar-refractivity contribution in [1.82, 2.24) is 9.55 Å². The lowest BCUT2D eigenvalue weighted by Crippen LogP contribution is -2.18. The van der Waals surface area contributed by atoms with E-state index >= 15 is 0 Å². The van der Waals surface area contributed by atoms with Gasteiger partial charge in [0.05, 0.1) is 5.92 Å². The van der Waals surface area contributed by atoms with Crippen molar-refractivity contribution in [2.75, 3.05) is 0 Å². The van der Waals surface area contributed by atoms with Crippen LogP contribution in [0.25, 0.3) is 0 Å². The Morgan fingerprint density at radius 2 is 2.43 bits per heavy atom. The van der Waals surface area contributed by atoms with Crippen LogP contribution in [-0.4, -0.2) is 20.6 Å². The second kappa shape index (κ2) is 4.79. The third-order valence-electron chi connectivity index (χ3n) is 2.34. The van der Waals surface area contributed by atoms with E-state index in [0.717, 1.165) is 12.2 Å². The van der Waals surface area contributed by atoms with Gasteiger partial charge in [0.15, 0.2) is 0 Å². The molecule has 0 aliphatic rings. The topological polar surface area (TPSA) is 55.1 Å². The minimum Gasteiger partial charge on any atom is -0.481 e. The number of hydrogen-bond donors (Lipinski definition) is 1. The molecule has 78 valence electrons. The van der Waals surface area contributed by atoms with Crippen molar-refractivity contribution in [3.05, 3.63) is 18.2 Å². The summed E-state index contributed by atoms with van der Waals surface area (Å²) in [5.74, 6) is -0.193. The summed E-state index contributed by atoms with van der Waals surface area (Å²) in [6, 6.07) is 0. The molecule has 4 heteroatoms. The van der Waals surface area contributed by atoms with Gasteiger partial charge in [-0.2, -0.15) is 0 Å². The zero-order valence-electron chi connectivity index (χ0n) is 8.60. The fourth-order valence-electron chi connectivity index (χ4n) is 1.47. The largest absolute Gasteiger partial charge is 0.481 e. The number of carbonyl (C=O) groups is 1. The van der Waals surface area contributed by atoms with Crippen LogP contribution in [0.5, 0.6) is 0 Å². The first-order chi connectivity index (χ1) is 6.65. The summed E-state index contributed by atoms with van der Waals surface area (Å²) >= 11 is 0. The maximum Gasteiger partial charge on any atom is 0.306 e. The molecule has 0 aliphatic heterocycles. The Balaban J connectivity index is 2.64. The van der Waals surface area contributed by atoms with Gasteiger partial charge in [-0.05, 0) is 6.42 Å². The predicted octanol–water partition coefficient (Wildman–Crippen LogP) is 1.46. The molecule has 0 fully saturated rings. The Hall–Kier alpha value is -1.32. The summed E-state index contributed by atoms with van der Waals surface area (Å²) in [6.45, 7) is 1.99. The second-order valence-corrected chi connectivity index (χ2v) is 3.48. The Morgan fingerprint density at radius 1 is 1.71 bits per heavy atom. The van der Waals surface area contributed by atoms with Gasteiger partial charge in [0.25, 0.3) is 0 Å². The Morgan fingerprint density at radius 3 is 2.86 bits per heavy atom. The molecular weight excluding hydrogens is 180 g/mol. The van der Waals surface area contributed by atoms with E-state index in [1.165, 1.54) is 0 Å². The highest BCUT2D eigenvalue weighted by molar-refractivity contribution is 5.70. The van der Waals surface area contributed by atoms with Crippen molar-refractivity contribution < 1.29 is 9.90 Å². The highest BCUT2D eigenvalue weighted by Gasteiger charge is 2.18. The summed E-state index contributed by atoms with van der Waals surface area (Å²) in [4.78, 5) is 15.0. The summed E-state index contributed by atoms with van der Waals surface area (Å²) in [7, 11) is 1.88. The molecule has 1 rings (SSSR count). The number of aromatic nitrogens is 2. The zero-order chi connectivity index (χ0) is 10.6. The minimum absolute atomic E-state index is 0.305. The average Bonchev–Trinajstić information content (AvgIpc) is 2.51. The number of nitrogens with zero attached hydrogens (tertiary/aromatic N) is 2. The molecule has 1 aromatic rings. The quantitative estimate of drug-likeness (QED) is 0.775. The Kier molecular flexibility index (Phi) is 3.68. The molecule has 0 saturated heterocycles. The van der Waals surface area contributed by atoms with Gasteiger partial charge in [-0.25, -0.2) is 4.98 Å². The molecule has 1 heterocycles. The molecule has 0 saturated carbocycles. The molecule has 1 atom stereocenters. The lowest BCUT2D eigenvalue weighted by molar-refractivity contribution is -0.142. The smallest absolute Gasteiger partial charge is 0.306 e. The van der Waals surface area contributed by atoms with Gasteiger partial charge in [-0.1, -0.05) is 13.3 Å². The molecule has 0 spiro atoms. The van der Waals surface area contributed by atoms with Gasteiger partial charge in [0.1, 0.15) is 5.82 Å². The third kappa shape index (κ3) is 2.58. The van der Waals surface area contributed by atoms with Crippen LogP contribution in [0.15, 0.2) is 12.4 Å². The van der Waals surface area contributed by atoms with Gasteiger partial charge in [-0.3, -0.25) is 4.79 Å². The second-order valence-electron chi connectivity index (χ2n) is 3.48. The maximum absolute atomic E-state index is 10.9. The van der Waals surface area contributed by atoms with Gasteiger partial charge in [0, 0.05) is 25.9 Å². The van der Waals surface area contributed by atoms with Gasteiger partial charge in [0.2, 0.25) is 0 Å². The molecule has 0 amide bonds. The third-order valence-corrected chi connectivity index (χ3v) is 2.34. The summed E-state index contributed by atoms with van der Waals surface area (Å²) in [5.41, 5.74) is 0. The fraction of sp³-hybridized carbons (Fsp3) is 0.600. The molecule has 0 radical (unpaired) electrons. The van der Waals surface area contributed by atoms with E-state index in [4.69, 9.17) is 5.11 Å². The monoisotopic (exact) mass is 196 g/mol. The van der Waals surface area contributed by atoms with Crippen molar-refractivity contribution in [2.24, 2.45) is 13.0 Å². The number of carboxylic acid groups (broad SMARTS) is 1. The van der Waals surface area contributed by atoms with Crippen LogP contribution in [-0.2, 0) is 18.3 Å². The SMILES string of the molecule is CCCC(Cc1nccn1C)C(=O)O. The van der Waals surface area contributed by atoms with Crippen LogP contribution >= 0.6 is 0 Å².